The van der Waals surface area contributed by atoms with Crippen molar-refractivity contribution in [1.29, 1.82) is 0 Å². The molecule has 1 aromatic carbocycles. The van der Waals surface area contributed by atoms with E-state index < -0.39 is 4.92 Å². The van der Waals surface area contributed by atoms with Crippen LogP contribution >= 0.6 is 12.2 Å². The predicted molar refractivity (Wildman–Crippen MR) is 76.4 cm³/mol. The van der Waals surface area contributed by atoms with E-state index in [4.69, 9.17) is 17.0 Å². The van der Waals surface area contributed by atoms with Crippen molar-refractivity contribution in [2.24, 2.45) is 0 Å². The van der Waals surface area contributed by atoms with Gasteiger partial charge in [0.2, 0.25) is 0 Å². The van der Waals surface area contributed by atoms with Crippen molar-refractivity contribution in [2.75, 3.05) is 13.1 Å². The molecule has 2 rings (SSSR count). The highest BCUT2D eigenvalue weighted by molar-refractivity contribution is 7.80. The van der Waals surface area contributed by atoms with E-state index in [2.05, 4.69) is 0 Å². The molecule has 0 saturated carbocycles. The normalized spacial score (nSPS) is 23.2. The minimum absolute atomic E-state index is 0.0641. The fourth-order valence-corrected chi connectivity index (χ4v) is 2.55. The number of ether oxygens (including phenoxy) is 1. The summed E-state index contributed by atoms with van der Waals surface area (Å²) >= 11 is 5.44. The fourth-order valence-electron chi connectivity index (χ4n) is 2.28. The molecule has 6 heteroatoms. The number of thiocarbonyl (C=S) groups is 1. The number of rotatable bonds is 2. The van der Waals surface area contributed by atoms with Crippen molar-refractivity contribution in [3.05, 3.63) is 39.9 Å². The van der Waals surface area contributed by atoms with E-state index in [9.17, 15) is 10.1 Å². The zero-order valence-corrected chi connectivity index (χ0v) is 11.7. The highest BCUT2D eigenvalue weighted by atomic mass is 32.1. The Morgan fingerprint density at radius 3 is 2.63 bits per heavy atom. The van der Waals surface area contributed by atoms with Gasteiger partial charge in [-0.2, -0.15) is 0 Å². The number of nitro groups is 1. The highest BCUT2D eigenvalue weighted by Gasteiger charge is 2.25. The lowest BCUT2D eigenvalue weighted by molar-refractivity contribution is -0.384. The van der Waals surface area contributed by atoms with Crippen LogP contribution in [-0.4, -0.2) is 40.1 Å². The van der Waals surface area contributed by atoms with Crippen molar-refractivity contribution in [1.82, 2.24) is 4.90 Å². The number of benzene rings is 1. The molecular weight excluding hydrogens is 264 g/mol. The number of hydrogen-bond acceptors (Lipinski definition) is 4. The van der Waals surface area contributed by atoms with Gasteiger partial charge in [-0.1, -0.05) is 24.4 Å². The van der Waals surface area contributed by atoms with Gasteiger partial charge in [-0.3, -0.25) is 10.1 Å². The summed E-state index contributed by atoms with van der Waals surface area (Å²) < 4.78 is 5.65. The maximum atomic E-state index is 10.8. The molecule has 19 heavy (non-hydrogen) atoms. The molecule has 1 aromatic rings. The van der Waals surface area contributed by atoms with Gasteiger partial charge >= 0.3 is 0 Å². The zero-order chi connectivity index (χ0) is 14.0. The van der Waals surface area contributed by atoms with Gasteiger partial charge in [-0.15, -0.1) is 0 Å². The van der Waals surface area contributed by atoms with E-state index in [1.165, 1.54) is 12.1 Å². The number of nitrogens with zero attached hydrogens (tertiary/aromatic N) is 2. The van der Waals surface area contributed by atoms with Crippen LogP contribution in [0.5, 0.6) is 0 Å². The van der Waals surface area contributed by atoms with Gasteiger partial charge in [0.25, 0.3) is 5.69 Å². The monoisotopic (exact) mass is 280 g/mol. The second-order valence-electron chi connectivity index (χ2n) is 4.77. The topological polar surface area (TPSA) is 55.6 Å². The Kier molecular flexibility index (Phi) is 4.11. The molecule has 0 radical (unpaired) electrons. The van der Waals surface area contributed by atoms with Gasteiger partial charge in [0.15, 0.2) is 0 Å². The first-order valence-corrected chi connectivity index (χ1v) is 6.57. The quantitative estimate of drug-likeness (QED) is 0.473. The summed E-state index contributed by atoms with van der Waals surface area (Å²) in [5.41, 5.74) is 0.778. The summed E-state index contributed by atoms with van der Waals surface area (Å²) in [5.74, 6) is 0. The molecule has 102 valence electrons. The van der Waals surface area contributed by atoms with E-state index in [1.54, 1.807) is 12.1 Å². The molecule has 1 aliphatic heterocycles. The van der Waals surface area contributed by atoms with Gasteiger partial charge < -0.3 is 9.64 Å². The first-order chi connectivity index (χ1) is 8.97. The largest absolute Gasteiger partial charge is 0.372 e. The first kappa shape index (κ1) is 13.9. The van der Waals surface area contributed by atoms with Crippen LogP contribution in [-0.2, 0) is 4.74 Å². The summed E-state index contributed by atoms with van der Waals surface area (Å²) in [5, 5.41) is 10.8. The lowest BCUT2D eigenvalue weighted by Crippen LogP contribution is -2.47. The molecule has 0 spiro atoms. The van der Waals surface area contributed by atoms with Crippen molar-refractivity contribution >= 4 is 22.9 Å². The molecule has 0 N–H and O–H groups in total. The molecule has 1 fully saturated rings. The lowest BCUT2D eigenvalue weighted by Gasteiger charge is -2.37. The number of non-ortho nitro benzene ring substituents is 1. The first-order valence-electron chi connectivity index (χ1n) is 6.16. The van der Waals surface area contributed by atoms with Crippen LogP contribution in [0.25, 0.3) is 0 Å². The minimum Gasteiger partial charge on any atom is -0.372 e. The SMILES string of the molecule is C[C@@H]1CN(C(=S)c2cccc([N+](=O)[O-])c2)C[C@@H](C)O1. The number of morpholine rings is 1. The molecule has 0 amide bonds. The molecular formula is C13H16N2O3S. The van der Waals surface area contributed by atoms with E-state index in [0.29, 0.717) is 23.6 Å². The van der Waals surface area contributed by atoms with E-state index in [-0.39, 0.29) is 17.9 Å². The summed E-state index contributed by atoms with van der Waals surface area (Å²) in [4.78, 5) is 13.1. The van der Waals surface area contributed by atoms with Crippen LogP contribution in [0.2, 0.25) is 0 Å². The summed E-state index contributed by atoms with van der Waals surface area (Å²) in [6.07, 6.45) is 0.223. The van der Waals surface area contributed by atoms with Crippen LogP contribution in [0.15, 0.2) is 24.3 Å². The Labute approximate surface area is 117 Å². The summed E-state index contributed by atoms with van der Waals surface area (Å²) in [7, 11) is 0. The highest BCUT2D eigenvalue weighted by Crippen LogP contribution is 2.18. The van der Waals surface area contributed by atoms with E-state index in [0.717, 1.165) is 0 Å². The Morgan fingerprint density at radius 2 is 2.05 bits per heavy atom. The summed E-state index contributed by atoms with van der Waals surface area (Å²) in [6, 6.07) is 6.46. The van der Waals surface area contributed by atoms with Crippen LogP contribution in [0.3, 0.4) is 0 Å². The number of hydrogen-bond donors (Lipinski definition) is 0. The average molecular weight is 280 g/mol. The average Bonchev–Trinajstić information content (AvgIpc) is 2.37. The maximum Gasteiger partial charge on any atom is 0.270 e. The van der Waals surface area contributed by atoms with E-state index in [1.807, 2.05) is 18.7 Å². The molecule has 1 saturated heterocycles. The smallest absolute Gasteiger partial charge is 0.270 e. The van der Waals surface area contributed by atoms with Gasteiger partial charge in [0, 0.05) is 30.8 Å². The Bertz CT molecular complexity index is 496. The molecule has 1 aliphatic rings. The molecule has 0 aliphatic carbocycles. The molecule has 2 atom stereocenters. The standard InChI is InChI=1S/C13H16N2O3S/c1-9-7-14(8-10(2)18-9)13(19)11-4-3-5-12(6-11)15(16)17/h3-6,9-10H,7-8H2,1-2H3/t9-,10-/m1/s1. The Morgan fingerprint density at radius 1 is 1.42 bits per heavy atom. The maximum absolute atomic E-state index is 10.8. The second-order valence-corrected chi connectivity index (χ2v) is 5.16. The third kappa shape index (κ3) is 3.27. The van der Waals surface area contributed by atoms with Crippen molar-refractivity contribution in [2.45, 2.75) is 26.1 Å². The molecule has 0 aromatic heterocycles. The molecule has 0 unspecified atom stereocenters. The van der Waals surface area contributed by atoms with Crippen molar-refractivity contribution in [3.8, 4) is 0 Å². The third-order valence-corrected chi connectivity index (χ3v) is 3.50. The summed E-state index contributed by atoms with van der Waals surface area (Å²) in [6.45, 7) is 5.43. The van der Waals surface area contributed by atoms with Crippen molar-refractivity contribution in [3.63, 3.8) is 0 Å². The molecule has 1 heterocycles. The third-order valence-electron chi connectivity index (χ3n) is 3.01. The second kappa shape index (κ2) is 5.63. The molecule has 5 nitrogen and oxygen atoms in total. The lowest BCUT2D eigenvalue weighted by atomic mass is 10.1. The zero-order valence-electron chi connectivity index (χ0n) is 10.9. The Balaban J connectivity index is 2.19. The fraction of sp³-hybridized carbons (Fsp3) is 0.462. The van der Waals surface area contributed by atoms with Crippen LogP contribution < -0.4 is 0 Å². The van der Waals surface area contributed by atoms with E-state index >= 15 is 0 Å². The van der Waals surface area contributed by atoms with Crippen LogP contribution in [0, 0.1) is 10.1 Å². The number of nitro benzene ring substituents is 1. The van der Waals surface area contributed by atoms with Gasteiger partial charge in [0.1, 0.15) is 4.99 Å². The van der Waals surface area contributed by atoms with Gasteiger partial charge in [-0.25, -0.2) is 0 Å². The van der Waals surface area contributed by atoms with Crippen molar-refractivity contribution < 1.29 is 9.66 Å². The van der Waals surface area contributed by atoms with Crippen LogP contribution in [0.4, 0.5) is 5.69 Å². The van der Waals surface area contributed by atoms with Crippen LogP contribution in [0.1, 0.15) is 19.4 Å². The molecule has 0 bridgehead atoms. The minimum atomic E-state index is -0.406. The Hall–Kier alpha value is -1.53. The van der Waals surface area contributed by atoms with Gasteiger partial charge in [-0.05, 0) is 13.8 Å². The van der Waals surface area contributed by atoms with Gasteiger partial charge in [0.05, 0.1) is 17.1 Å². The predicted octanol–water partition coefficient (Wildman–Crippen LogP) is 2.38.